The fourth-order valence-corrected chi connectivity index (χ4v) is 2.11. The van der Waals surface area contributed by atoms with Crippen molar-refractivity contribution in [3.05, 3.63) is 53.3 Å². The molecule has 0 spiro atoms. The summed E-state index contributed by atoms with van der Waals surface area (Å²) in [5, 5.41) is 19.2. The first-order valence-electron chi connectivity index (χ1n) is 5.78. The minimum absolute atomic E-state index is 0.0378. The molecule has 1 atom stereocenters. The molecule has 0 aromatic heterocycles. The van der Waals surface area contributed by atoms with Crippen molar-refractivity contribution in [3.8, 4) is 6.07 Å². The maximum absolute atomic E-state index is 11.2. The molecule has 96 valence electrons. The van der Waals surface area contributed by atoms with Crippen molar-refractivity contribution < 1.29 is 14.6 Å². The van der Waals surface area contributed by atoms with Gasteiger partial charge in [0.25, 0.3) is 0 Å². The molecular weight excluding hydrogens is 242 g/mol. The van der Waals surface area contributed by atoms with E-state index < -0.39 is 5.60 Å². The van der Waals surface area contributed by atoms with Gasteiger partial charge >= 0.3 is 0 Å². The zero-order chi connectivity index (χ0) is 13.9. The maximum Gasteiger partial charge on any atom is 0.214 e. The monoisotopic (exact) mass is 255 g/mol. The minimum atomic E-state index is -1.46. The average molecular weight is 255 g/mol. The molecular formula is C15H13NO3. The largest absolute Gasteiger partial charge is 0.508 e. The molecule has 1 unspecified atom stereocenters. The summed E-state index contributed by atoms with van der Waals surface area (Å²) >= 11 is 0. The molecule has 0 amide bonds. The lowest BCUT2D eigenvalue weighted by Gasteiger charge is -2.29. The van der Waals surface area contributed by atoms with Crippen molar-refractivity contribution in [1.82, 2.24) is 0 Å². The van der Waals surface area contributed by atoms with Crippen molar-refractivity contribution in [1.29, 1.82) is 5.26 Å². The number of carbonyl (C=O) groups is 1. The number of hydrogen-bond donors (Lipinski definition) is 1. The topological polar surface area (TPSA) is 70.3 Å². The Morgan fingerprint density at radius 3 is 2.63 bits per heavy atom. The highest BCUT2D eigenvalue weighted by Crippen LogP contribution is 2.36. The van der Waals surface area contributed by atoms with Crippen molar-refractivity contribution in [2.75, 3.05) is 7.11 Å². The van der Waals surface area contributed by atoms with Crippen molar-refractivity contribution in [2.24, 2.45) is 0 Å². The molecule has 0 saturated heterocycles. The molecule has 19 heavy (non-hydrogen) atoms. The molecule has 0 aliphatic heterocycles. The molecule has 0 fully saturated rings. The van der Waals surface area contributed by atoms with Crippen LogP contribution < -0.4 is 0 Å². The van der Waals surface area contributed by atoms with Crippen LogP contribution in [0.2, 0.25) is 0 Å². The number of benzene rings is 1. The Kier molecular flexibility index (Phi) is 3.50. The van der Waals surface area contributed by atoms with Gasteiger partial charge in [-0.05, 0) is 17.2 Å². The van der Waals surface area contributed by atoms with E-state index in [4.69, 9.17) is 10.00 Å². The van der Waals surface area contributed by atoms with E-state index in [2.05, 4.69) is 0 Å². The summed E-state index contributed by atoms with van der Waals surface area (Å²) in [5.41, 5.74) is 0.413. The number of carbonyl (C=O) groups excluding carboxylic acids is 1. The highest BCUT2D eigenvalue weighted by molar-refractivity contribution is 5.94. The minimum Gasteiger partial charge on any atom is -0.508 e. The van der Waals surface area contributed by atoms with Crippen LogP contribution in [0, 0.1) is 11.3 Å². The van der Waals surface area contributed by atoms with Crippen molar-refractivity contribution >= 4 is 11.9 Å². The fourth-order valence-electron chi connectivity index (χ4n) is 2.11. The second-order valence-corrected chi connectivity index (χ2v) is 4.27. The van der Waals surface area contributed by atoms with Gasteiger partial charge in [0.15, 0.2) is 0 Å². The second-order valence-electron chi connectivity index (χ2n) is 4.27. The normalized spacial score (nSPS) is 22.6. The Bertz CT molecular complexity index is 596. The molecule has 0 saturated carbocycles. The third-order valence-electron chi connectivity index (χ3n) is 3.24. The third kappa shape index (κ3) is 2.16. The maximum atomic E-state index is 11.2. The van der Waals surface area contributed by atoms with Crippen LogP contribution in [0.1, 0.15) is 12.0 Å². The van der Waals surface area contributed by atoms with Crippen LogP contribution in [-0.4, -0.2) is 24.1 Å². The van der Waals surface area contributed by atoms with E-state index in [9.17, 15) is 9.90 Å². The van der Waals surface area contributed by atoms with E-state index in [-0.39, 0.29) is 12.2 Å². The van der Waals surface area contributed by atoms with E-state index in [1.807, 2.05) is 36.4 Å². The van der Waals surface area contributed by atoms with Crippen LogP contribution in [0.5, 0.6) is 0 Å². The SMILES string of the molecule is COC1(C#N)CC(C=O)=C(c2ccccc2)C=C1O. The smallest absolute Gasteiger partial charge is 0.214 e. The van der Waals surface area contributed by atoms with Gasteiger partial charge in [-0.3, -0.25) is 4.79 Å². The first-order chi connectivity index (χ1) is 9.16. The molecule has 4 nitrogen and oxygen atoms in total. The number of rotatable bonds is 3. The van der Waals surface area contributed by atoms with E-state index in [1.165, 1.54) is 13.2 Å². The standard InChI is InChI=1S/C15H13NO3/c1-19-15(10-16)8-12(9-17)13(7-14(15)18)11-5-3-2-4-6-11/h2-7,9,18H,8H2,1H3. The number of allylic oxidation sites excluding steroid dienone is 2. The third-order valence-corrected chi connectivity index (χ3v) is 3.24. The van der Waals surface area contributed by atoms with Gasteiger partial charge in [-0.1, -0.05) is 30.3 Å². The first-order valence-corrected chi connectivity index (χ1v) is 5.78. The van der Waals surface area contributed by atoms with Crippen LogP contribution in [0.25, 0.3) is 5.57 Å². The van der Waals surface area contributed by atoms with Gasteiger partial charge in [-0.25, -0.2) is 0 Å². The van der Waals surface area contributed by atoms with Crippen LogP contribution in [0.15, 0.2) is 47.7 Å². The van der Waals surface area contributed by atoms with Gasteiger partial charge < -0.3 is 9.84 Å². The molecule has 1 aromatic carbocycles. The molecule has 1 aliphatic rings. The van der Waals surface area contributed by atoms with Gasteiger partial charge in [-0.15, -0.1) is 0 Å². The van der Waals surface area contributed by atoms with Gasteiger partial charge in [0, 0.05) is 19.1 Å². The van der Waals surface area contributed by atoms with Gasteiger partial charge in [0.2, 0.25) is 5.60 Å². The van der Waals surface area contributed by atoms with Crippen molar-refractivity contribution in [3.63, 3.8) is 0 Å². The molecule has 1 aromatic rings. The number of aliphatic hydroxyl groups excluding tert-OH is 1. The van der Waals surface area contributed by atoms with Gasteiger partial charge in [0.1, 0.15) is 18.1 Å². The predicted molar refractivity (Wildman–Crippen MR) is 70.1 cm³/mol. The molecule has 1 aliphatic carbocycles. The average Bonchev–Trinajstić information content (AvgIpc) is 2.48. The van der Waals surface area contributed by atoms with E-state index >= 15 is 0 Å². The van der Waals surface area contributed by atoms with E-state index in [0.717, 1.165) is 5.56 Å². The summed E-state index contributed by atoms with van der Waals surface area (Å²) in [5.74, 6) is -0.179. The van der Waals surface area contributed by atoms with Crippen molar-refractivity contribution in [2.45, 2.75) is 12.0 Å². The lowest BCUT2D eigenvalue weighted by Crippen LogP contribution is -2.35. The Hall–Kier alpha value is -2.38. The summed E-state index contributed by atoms with van der Waals surface area (Å²) in [4.78, 5) is 11.2. The molecule has 0 bridgehead atoms. The van der Waals surface area contributed by atoms with Gasteiger partial charge in [-0.2, -0.15) is 5.26 Å². The van der Waals surface area contributed by atoms with Crippen LogP contribution in [-0.2, 0) is 9.53 Å². The summed E-state index contributed by atoms with van der Waals surface area (Å²) in [6.45, 7) is 0. The summed E-state index contributed by atoms with van der Waals surface area (Å²) < 4.78 is 5.08. The van der Waals surface area contributed by atoms with E-state index in [1.54, 1.807) is 0 Å². The predicted octanol–water partition coefficient (Wildman–Crippen LogP) is 2.39. The Labute approximate surface area is 111 Å². The summed E-state index contributed by atoms with van der Waals surface area (Å²) in [6, 6.07) is 11.2. The fraction of sp³-hybridized carbons (Fsp3) is 0.200. The number of ether oxygens (including phenoxy) is 1. The van der Waals surface area contributed by atoms with Crippen LogP contribution in [0.3, 0.4) is 0 Å². The molecule has 2 rings (SSSR count). The Morgan fingerprint density at radius 2 is 2.11 bits per heavy atom. The second kappa shape index (κ2) is 5.09. The Balaban J connectivity index is 2.55. The van der Waals surface area contributed by atoms with E-state index in [0.29, 0.717) is 17.4 Å². The van der Waals surface area contributed by atoms with Crippen LogP contribution >= 0.6 is 0 Å². The number of nitrogens with zero attached hydrogens (tertiary/aromatic N) is 1. The molecule has 4 heteroatoms. The number of methoxy groups -OCH3 is 1. The zero-order valence-electron chi connectivity index (χ0n) is 10.5. The molecule has 0 heterocycles. The quantitative estimate of drug-likeness (QED) is 0.842. The lowest BCUT2D eigenvalue weighted by molar-refractivity contribution is -0.105. The number of aliphatic hydroxyl groups is 1. The highest BCUT2D eigenvalue weighted by atomic mass is 16.5. The molecule has 0 radical (unpaired) electrons. The lowest BCUT2D eigenvalue weighted by atomic mass is 9.83. The number of hydrogen-bond acceptors (Lipinski definition) is 4. The van der Waals surface area contributed by atoms with Crippen LogP contribution in [0.4, 0.5) is 0 Å². The number of aldehydes is 1. The highest BCUT2D eigenvalue weighted by Gasteiger charge is 2.39. The van der Waals surface area contributed by atoms with Gasteiger partial charge in [0.05, 0.1) is 0 Å². The number of nitriles is 1. The first kappa shape index (κ1) is 13.1. The molecule has 1 N–H and O–H groups in total. The zero-order valence-corrected chi connectivity index (χ0v) is 10.5. The Morgan fingerprint density at radius 1 is 1.42 bits per heavy atom. The summed E-state index contributed by atoms with van der Waals surface area (Å²) in [6.07, 6.45) is 2.17. The summed E-state index contributed by atoms with van der Waals surface area (Å²) in [7, 11) is 1.34.